The van der Waals surface area contributed by atoms with Crippen LogP contribution >= 0.6 is 31.9 Å². The van der Waals surface area contributed by atoms with E-state index in [0.717, 1.165) is 24.3 Å². The van der Waals surface area contributed by atoms with Crippen molar-refractivity contribution in [2.24, 2.45) is 17.8 Å². The summed E-state index contributed by atoms with van der Waals surface area (Å²) in [5.74, 6) is 2.79. The van der Waals surface area contributed by atoms with Gasteiger partial charge in [-0.15, -0.1) is 0 Å². The van der Waals surface area contributed by atoms with Crippen LogP contribution in [0.5, 0.6) is 0 Å². The fourth-order valence-electron chi connectivity index (χ4n) is 4.12. The summed E-state index contributed by atoms with van der Waals surface area (Å²) in [5.41, 5.74) is 2.73. The first-order chi connectivity index (χ1) is 9.63. The minimum atomic E-state index is 0.513. The monoisotopic (exact) mass is 399 g/mol. The third kappa shape index (κ3) is 2.74. The maximum atomic E-state index is 3.79. The molecule has 0 radical (unpaired) electrons. The Morgan fingerprint density at radius 2 is 1.80 bits per heavy atom. The molecule has 1 nitrogen and oxygen atoms in total. The first-order valence-corrected chi connectivity index (χ1v) is 9.41. The van der Waals surface area contributed by atoms with Crippen LogP contribution in [0.4, 0.5) is 0 Å². The van der Waals surface area contributed by atoms with Gasteiger partial charge in [-0.05, 0) is 67.3 Å². The zero-order chi connectivity index (χ0) is 14.3. The molecule has 2 aliphatic carbocycles. The zero-order valence-electron chi connectivity index (χ0n) is 12.3. The summed E-state index contributed by atoms with van der Waals surface area (Å²) in [7, 11) is 0. The molecule has 2 fully saturated rings. The Kier molecular flexibility index (Phi) is 4.59. The van der Waals surface area contributed by atoms with Crippen LogP contribution in [0.2, 0.25) is 0 Å². The highest BCUT2D eigenvalue weighted by atomic mass is 79.9. The molecule has 0 heterocycles. The largest absolute Gasteiger partial charge is 0.310 e. The summed E-state index contributed by atoms with van der Waals surface area (Å²) in [6, 6.07) is 5.08. The molecular formula is C17H23Br2N. The van der Waals surface area contributed by atoms with E-state index >= 15 is 0 Å². The van der Waals surface area contributed by atoms with Gasteiger partial charge in [-0.2, -0.15) is 0 Å². The maximum Gasteiger partial charge on any atom is 0.0365 e. The molecule has 1 N–H and O–H groups in total. The Hall–Kier alpha value is 0.140. The predicted molar refractivity (Wildman–Crippen MR) is 91.9 cm³/mol. The smallest absolute Gasteiger partial charge is 0.0365 e. The summed E-state index contributed by atoms with van der Waals surface area (Å²) < 4.78 is 2.48. The Balaban J connectivity index is 1.89. The van der Waals surface area contributed by atoms with Crippen molar-refractivity contribution in [2.45, 2.75) is 45.6 Å². The molecule has 20 heavy (non-hydrogen) atoms. The van der Waals surface area contributed by atoms with Crippen LogP contribution in [-0.2, 0) is 0 Å². The van der Waals surface area contributed by atoms with Crippen molar-refractivity contribution < 1.29 is 0 Å². The molecule has 2 aliphatic rings. The summed E-state index contributed by atoms with van der Waals surface area (Å²) in [5, 5.41) is 3.75. The van der Waals surface area contributed by atoms with Gasteiger partial charge in [0.15, 0.2) is 0 Å². The Bertz CT molecular complexity index is 488. The topological polar surface area (TPSA) is 12.0 Å². The lowest BCUT2D eigenvalue weighted by molar-refractivity contribution is 0.455. The van der Waals surface area contributed by atoms with E-state index in [2.05, 4.69) is 63.2 Å². The minimum Gasteiger partial charge on any atom is -0.310 e. The number of rotatable bonds is 4. The first-order valence-electron chi connectivity index (χ1n) is 7.82. The van der Waals surface area contributed by atoms with E-state index in [9.17, 15) is 0 Å². The molecule has 1 aromatic carbocycles. The standard InChI is InChI=1S/C17H23Br2N/c1-3-20-17(16-11-6-4-5-7-12(11)16)13-9-14(18)10(2)8-15(13)19/h8-9,11-12,16-17,20H,3-7H2,1-2H3. The van der Waals surface area contributed by atoms with Crippen LogP contribution in [0.1, 0.15) is 49.8 Å². The highest BCUT2D eigenvalue weighted by molar-refractivity contribution is 9.11. The highest BCUT2D eigenvalue weighted by Gasteiger charge is 2.54. The summed E-state index contributed by atoms with van der Waals surface area (Å²) in [6.07, 6.45) is 5.77. The van der Waals surface area contributed by atoms with Gasteiger partial charge in [-0.1, -0.05) is 51.6 Å². The van der Waals surface area contributed by atoms with E-state index in [1.54, 1.807) is 0 Å². The van der Waals surface area contributed by atoms with Crippen molar-refractivity contribution in [1.82, 2.24) is 5.32 Å². The van der Waals surface area contributed by atoms with Crippen molar-refractivity contribution in [3.05, 3.63) is 32.2 Å². The molecule has 2 saturated carbocycles. The second-order valence-corrected chi connectivity index (χ2v) is 8.06. The lowest BCUT2D eigenvalue weighted by Crippen LogP contribution is -2.24. The van der Waals surface area contributed by atoms with E-state index in [-0.39, 0.29) is 0 Å². The molecule has 0 amide bonds. The third-order valence-electron chi connectivity index (χ3n) is 5.14. The van der Waals surface area contributed by atoms with Gasteiger partial charge < -0.3 is 5.32 Å². The minimum absolute atomic E-state index is 0.513. The van der Waals surface area contributed by atoms with Crippen LogP contribution in [0.15, 0.2) is 21.1 Å². The van der Waals surface area contributed by atoms with Crippen molar-refractivity contribution in [3.63, 3.8) is 0 Å². The van der Waals surface area contributed by atoms with Gasteiger partial charge in [0.1, 0.15) is 0 Å². The van der Waals surface area contributed by atoms with E-state index in [4.69, 9.17) is 0 Å². The Morgan fingerprint density at radius 1 is 1.15 bits per heavy atom. The lowest BCUT2D eigenvalue weighted by Gasteiger charge is -2.21. The molecule has 0 bridgehead atoms. The van der Waals surface area contributed by atoms with Gasteiger partial charge >= 0.3 is 0 Å². The van der Waals surface area contributed by atoms with E-state index in [1.807, 2.05) is 0 Å². The van der Waals surface area contributed by atoms with Crippen LogP contribution in [0.25, 0.3) is 0 Å². The highest BCUT2D eigenvalue weighted by Crippen LogP contribution is 2.60. The molecule has 3 heteroatoms. The van der Waals surface area contributed by atoms with Crippen LogP contribution < -0.4 is 5.32 Å². The Morgan fingerprint density at radius 3 is 2.40 bits per heavy atom. The number of nitrogens with one attached hydrogen (secondary N) is 1. The van der Waals surface area contributed by atoms with Gasteiger partial charge in [0.05, 0.1) is 0 Å². The summed E-state index contributed by atoms with van der Waals surface area (Å²) in [4.78, 5) is 0. The van der Waals surface area contributed by atoms with Crippen molar-refractivity contribution in [2.75, 3.05) is 6.54 Å². The second kappa shape index (κ2) is 6.10. The average molecular weight is 401 g/mol. The number of fused-ring (bicyclic) bond motifs is 1. The van der Waals surface area contributed by atoms with Gasteiger partial charge in [0, 0.05) is 15.0 Å². The number of hydrogen-bond acceptors (Lipinski definition) is 1. The van der Waals surface area contributed by atoms with Crippen molar-refractivity contribution >= 4 is 31.9 Å². The average Bonchev–Trinajstić information content (AvgIpc) is 3.15. The van der Waals surface area contributed by atoms with Gasteiger partial charge in [0.25, 0.3) is 0 Å². The molecule has 3 rings (SSSR count). The van der Waals surface area contributed by atoms with E-state index in [1.165, 1.54) is 45.8 Å². The second-order valence-electron chi connectivity index (χ2n) is 6.35. The van der Waals surface area contributed by atoms with Crippen LogP contribution in [0, 0.1) is 24.7 Å². The van der Waals surface area contributed by atoms with E-state index in [0.29, 0.717) is 6.04 Å². The normalized spacial score (nSPS) is 29.9. The first kappa shape index (κ1) is 15.1. The fourth-order valence-corrected chi connectivity index (χ4v) is 5.18. The number of benzene rings is 1. The van der Waals surface area contributed by atoms with Gasteiger partial charge in [-0.25, -0.2) is 0 Å². The fraction of sp³-hybridized carbons (Fsp3) is 0.647. The molecule has 0 aromatic heterocycles. The summed E-state index contributed by atoms with van der Waals surface area (Å²) in [6.45, 7) is 5.41. The zero-order valence-corrected chi connectivity index (χ0v) is 15.4. The van der Waals surface area contributed by atoms with Gasteiger partial charge in [-0.3, -0.25) is 0 Å². The van der Waals surface area contributed by atoms with Crippen LogP contribution in [-0.4, -0.2) is 6.54 Å². The van der Waals surface area contributed by atoms with E-state index < -0.39 is 0 Å². The molecule has 0 aliphatic heterocycles. The molecular weight excluding hydrogens is 378 g/mol. The number of hydrogen-bond donors (Lipinski definition) is 1. The quantitative estimate of drug-likeness (QED) is 0.692. The SMILES string of the molecule is CCNC(c1cc(Br)c(C)cc1Br)C1C2CCCCC21. The maximum absolute atomic E-state index is 3.79. The third-order valence-corrected chi connectivity index (χ3v) is 6.69. The van der Waals surface area contributed by atoms with Crippen molar-refractivity contribution in [3.8, 4) is 0 Å². The number of halogens is 2. The molecule has 3 unspecified atom stereocenters. The lowest BCUT2D eigenvalue weighted by atomic mass is 9.98. The molecule has 0 spiro atoms. The Labute approximate surface area is 139 Å². The molecule has 0 saturated heterocycles. The molecule has 1 aromatic rings. The predicted octanol–water partition coefficient (Wildman–Crippen LogP) is 5.61. The molecule has 110 valence electrons. The molecule has 3 atom stereocenters. The van der Waals surface area contributed by atoms with Gasteiger partial charge in [0.2, 0.25) is 0 Å². The van der Waals surface area contributed by atoms with Crippen LogP contribution in [0.3, 0.4) is 0 Å². The summed E-state index contributed by atoms with van der Waals surface area (Å²) >= 11 is 7.48. The van der Waals surface area contributed by atoms with Crippen molar-refractivity contribution in [1.29, 1.82) is 0 Å². The number of aryl methyl sites for hydroxylation is 1.